The van der Waals surface area contributed by atoms with E-state index in [1.807, 2.05) is 47.1 Å². The molecule has 2 rings (SSSR count). The van der Waals surface area contributed by atoms with Crippen molar-refractivity contribution < 1.29 is 22.8 Å². The number of urea groups is 1. The lowest BCUT2D eigenvalue weighted by Crippen LogP contribution is -2.46. The molecule has 1 heterocycles. The van der Waals surface area contributed by atoms with Gasteiger partial charge in [-0.2, -0.15) is 13.2 Å². The van der Waals surface area contributed by atoms with E-state index in [1.165, 1.54) is 16.9 Å². The van der Waals surface area contributed by atoms with Crippen molar-refractivity contribution in [3.63, 3.8) is 0 Å². The Morgan fingerprint density at radius 1 is 1.15 bits per heavy atom. The smallest absolute Gasteiger partial charge is 0.329 e. The Labute approximate surface area is 159 Å². The minimum atomic E-state index is -4.53. The summed E-state index contributed by atoms with van der Waals surface area (Å²) in [5.74, 6) is -0.721. The lowest BCUT2D eigenvalue weighted by molar-refractivity contribution is -0.124. The topological polar surface area (TPSA) is 70.2 Å². The highest BCUT2D eigenvalue weighted by Gasteiger charge is 2.28. The van der Waals surface area contributed by atoms with Gasteiger partial charge in [0.05, 0.1) is 12.6 Å². The highest BCUT2D eigenvalue weighted by Crippen LogP contribution is 2.26. The number of rotatable bonds is 7. The van der Waals surface area contributed by atoms with E-state index < -0.39 is 24.7 Å². The van der Waals surface area contributed by atoms with Crippen LogP contribution in [0.1, 0.15) is 29.0 Å². The monoisotopic (exact) mass is 399 g/mol. The molecule has 0 fully saturated rings. The molecule has 1 atom stereocenters. The van der Waals surface area contributed by atoms with Gasteiger partial charge in [-0.05, 0) is 29.0 Å². The van der Waals surface area contributed by atoms with Crippen LogP contribution in [0.3, 0.4) is 0 Å². The van der Waals surface area contributed by atoms with Gasteiger partial charge in [-0.3, -0.25) is 15.4 Å². The highest BCUT2D eigenvalue weighted by atomic mass is 32.1. The molecule has 0 aliphatic rings. The summed E-state index contributed by atoms with van der Waals surface area (Å²) in [4.78, 5) is 24.2. The van der Waals surface area contributed by atoms with Crippen molar-refractivity contribution in [3.05, 3.63) is 57.8 Å². The van der Waals surface area contributed by atoms with Gasteiger partial charge in [0.2, 0.25) is 5.91 Å². The number of halogens is 3. The van der Waals surface area contributed by atoms with Gasteiger partial charge >= 0.3 is 12.2 Å². The van der Waals surface area contributed by atoms with Gasteiger partial charge < -0.3 is 5.32 Å². The van der Waals surface area contributed by atoms with Crippen molar-refractivity contribution in [2.45, 2.75) is 25.6 Å². The van der Waals surface area contributed by atoms with E-state index in [2.05, 4.69) is 12.2 Å². The number of aryl methyl sites for hydroxylation is 1. The van der Waals surface area contributed by atoms with Crippen molar-refractivity contribution in [2.75, 3.05) is 13.1 Å². The van der Waals surface area contributed by atoms with E-state index in [0.717, 1.165) is 16.9 Å². The third kappa shape index (κ3) is 7.03. The fraction of sp³-hybridized carbons (Fsp3) is 0.333. The summed E-state index contributed by atoms with van der Waals surface area (Å²) in [6, 6.07) is 10.3. The molecule has 3 N–H and O–H groups in total. The average molecular weight is 399 g/mol. The molecule has 0 bridgehead atoms. The van der Waals surface area contributed by atoms with E-state index in [9.17, 15) is 22.8 Å². The Morgan fingerprint density at radius 2 is 1.85 bits per heavy atom. The number of alkyl halides is 3. The number of carbonyl (C=O) groups is 2. The summed E-state index contributed by atoms with van der Waals surface area (Å²) in [5.41, 5.74) is 2.13. The SMILES string of the molecule is CCc1ccc([C@@H](NCC(=O)NC(=O)NCC(F)(F)F)c2cccs2)cc1. The second-order valence-corrected chi connectivity index (χ2v) is 6.75. The third-order valence-corrected chi connectivity index (χ3v) is 4.66. The van der Waals surface area contributed by atoms with Gasteiger partial charge in [-0.1, -0.05) is 37.3 Å². The molecule has 0 aliphatic heterocycles. The molecule has 0 radical (unpaired) electrons. The molecule has 0 saturated heterocycles. The first-order chi connectivity index (χ1) is 12.8. The standard InChI is InChI=1S/C18H20F3N3O2S/c1-2-12-5-7-13(8-6-12)16(14-4-3-9-27-14)22-10-15(25)24-17(26)23-11-18(19,20)21/h3-9,16,22H,2,10-11H2,1H3,(H2,23,24,25,26)/t16-/m1/s1. The number of benzene rings is 1. The average Bonchev–Trinajstić information content (AvgIpc) is 3.14. The molecule has 9 heteroatoms. The molecule has 27 heavy (non-hydrogen) atoms. The second kappa shape index (κ2) is 9.52. The Hall–Kier alpha value is -2.39. The number of amides is 3. The summed E-state index contributed by atoms with van der Waals surface area (Å²) in [5, 5.41) is 8.43. The molecular weight excluding hydrogens is 379 g/mol. The van der Waals surface area contributed by atoms with E-state index in [0.29, 0.717) is 0 Å². The van der Waals surface area contributed by atoms with Crippen LogP contribution in [0.5, 0.6) is 0 Å². The van der Waals surface area contributed by atoms with Crippen LogP contribution in [-0.4, -0.2) is 31.2 Å². The molecule has 0 aliphatic carbocycles. The first-order valence-electron chi connectivity index (χ1n) is 8.28. The molecule has 0 unspecified atom stereocenters. The molecule has 3 amide bonds. The third-order valence-electron chi connectivity index (χ3n) is 3.72. The molecule has 146 valence electrons. The zero-order valence-corrected chi connectivity index (χ0v) is 15.4. The van der Waals surface area contributed by atoms with Gasteiger partial charge in [-0.15, -0.1) is 11.3 Å². The summed E-state index contributed by atoms with van der Waals surface area (Å²) in [6.45, 7) is 0.330. The number of imide groups is 1. The Kier molecular flexibility index (Phi) is 7.37. The minimum Gasteiger partial charge on any atom is -0.329 e. The fourth-order valence-corrected chi connectivity index (χ4v) is 3.20. The molecule has 1 aromatic heterocycles. The number of hydrogen-bond donors (Lipinski definition) is 3. The molecule has 5 nitrogen and oxygen atoms in total. The summed E-state index contributed by atoms with van der Waals surface area (Å²) in [6.07, 6.45) is -3.62. The van der Waals surface area contributed by atoms with Crippen LogP contribution in [-0.2, 0) is 11.2 Å². The summed E-state index contributed by atoms with van der Waals surface area (Å²) < 4.78 is 36.2. The Bertz CT molecular complexity index is 746. The van der Waals surface area contributed by atoms with Crippen molar-refractivity contribution in [1.29, 1.82) is 0 Å². The predicted octanol–water partition coefficient (Wildman–Crippen LogP) is 3.38. The van der Waals surface area contributed by atoms with E-state index >= 15 is 0 Å². The van der Waals surface area contributed by atoms with Crippen LogP contribution >= 0.6 is 11.3 Å². The molecule has 0 spiro atoms. The second-order valence-electron chi connectivity index (χ2n) is 5.77. The van der Waals surface area contributed by atoms with Crippen LogP contribution in [0.25, 0.3) is 0 Å². The Balaban J connectivity index is 1.95. The number of nitrogens with one attached hydrogen (secondary N) is 3. The molecule has 2 aromatic rings. The van der Waals surface area contributed by atoms with Gasteiger partial charge in [-0.25, -0.2) is 4.79 Å². The van der Waals surface area contributed by atoms with Crippen molar-refractivity contribution >= 4 is 23.3 Å². The Morgan fingerprint density at radius 3 is 2.41 bits per heavy atom. The van der Waals surface area contributed by atoms with E-state index in [-0.39, 0.29) is 12.6 Å². The summed E-state index contributed by atoms with van der Waals surface area (Å²) in [7, 11) is 0. The van der Waals surface area contributed by atoms with Crippen LogP contribution in [0, 0.1) is 0 Å². The minimum absolute atomic E-state index is 0.225. The molecule has 1 aromatic carbocycles. The van der Waals surface area contributed by atoms with Crippen LogP contribution in [0.15, 0.2) is 41.8 Å². The van der Waals surface area contributed by atoms with Crippen molar-refractivity contribution in [1.82, 2.24) is 16.0 Å². The van der Waals surface area contributed by atoms with Gasteiger partial charge in [0.1, 0.15) is 6.54 Å². The van der Waals surface area contributed by atoms with Crippen LogP contribution < -0.4 is 16.0 Å². The van der Waals surface area contributed by atoms with Crippen molar-refractivity contribution in [2.24, 2.45) is 0 Å². The van der Waals surface area contributed by atoms with Crippen molar-refractivity contribution in [3.8, 4) is 0 Å². The lowest BCUT2D eigenvalue weighted by Gasteiger charge is -2.18. The zero-order chi connectivity index (χ0) is 19.9. The first kappa shape index (κ1) is 20.9. The van der Waals surface area contributed by atoms with Gasteiger partial charge in [0, 0.05) is 4.88 Å². The van der Waals surface area contributed by atoms with E-state index in [4.69, 9.17) is 0 Å². The van der Waals surface area contributed by atoms with E-state index in [1.54, 1.807) is 5.32 Å². The highest BCUT2D eigenvalue weighted by molar-refractivity contribution is 7.10. The first-order valence-corrected chi connectivity index (χ1v) is 9.16. The van der Waals surface area contributed by atoms with Crippen LogP contribution in [0.2, 0.25) is 0 Å². The lowest BCUT2D eigenvalue weighted by atomic mass is 10.0. The molecule has 0 saturated carbocycles. The normalized spacial score (nSPS) is 12.4. The number of carbonyl (C=O) groups excluding carboxylic acids is 2. The maximum Gasteiger partial charge on any atom is 0.405 e. The maximum atomic E-state index is 12.1. The predicted molar refractivity (Wildman–Crippen MR) is 97.6 cm³/mol. The molecular formula is C18H20F3N3O2S. The largest absolute Gasteiger partial charge is 0.405 e. The van der Waals surface area contributed by atoms with Crippen LogP contribution in [0.4, 0.5) is 18.0 Å². The summed E-state index contributed by atoms with van der Waals surface area (Å²) >= 11 is 1.51. The zero-order valence-electron chi connectivity index (χ0n) is 14.6. The van der Waals surface area contributed by atoms with Gasteiger partial charge in [0.25, 0.3) is 0 Å². The quantitative estimate of drug-likeness (QED) is 0.669. The van der Waals surface area contributed by atoms with Gasteiger partial charge in [0.15, 0.2) is 0 Å². The maximum absolute atomic E-state index is 12.1. The number of hydrogen-bond acceptors (Lipinski definition) is 4. The number of thiophene rings is 1. The fourth-order valence-electron chi connectivity index (χ4n) is 2.37.